The number of ether oxygens (including phenoxy) is 1. The van der Waals surface area contributed by atoms with Crippen molar-refractivity contribution in [2.45, 2.75) is 0 Å². The van der Waals surface area contributed by atoms with Crippen molar-refractivity contribution >= 4 is 11.9 Å². The molecular weight excluding hydrogens is 212 g/mol. The van der Waals surface area contributed by atoms with E-state index in [0.717, 1.165) is 12.6 Å². The number of esters is 1. The molecule has 0 aromatic rings. The maximum Gasteiger partial charge on any atom is 0.330 e. The monoisotopic (exact) mass is 232 g/mol. The van der Waals surface area contributed by atoms with Gasteiger partial charge in [0.05, 0.1) is 6.54 Å². The van der Waals surface area contributed by atoms with Crippen molar-refractivity contribution in [3.05, 3.63) is 12.7 Å². The molecule has 94 valence electrons. The van der Waals surface area contributed by atoms with Crippen LogP contribution in [0.2, 0.25) is 0 Å². The minimum Gasteiger partial charge on any atom is -0.480 e. The molecule has 0 saturated carbocycles. The Hall–Kier alpha value is -1.40. The van der Waals surface area contributed by atoms with Crippen LogP contribution < -0.4 is 5.32 Å². The second kappa shape index (κ2) is 11.7. The van der Waals surface area contributed by atoms with Gasteiger partial charge in [-0.25, -0.2) is 4.79 Å². The number of carbonyl (C=O) groups excluding carboxylic acids is 1. The Morgan fingerprint density at radius 1 is 1.50 bits per heavy atom. The SMILES string of the molecule is C=CC(=O)OCCN(C)C.CNCC(=O)O. The van der Waals surface area contributed by atoms with Crippen LogP contribution in [0.25, 0.3) is 0 Å². The highest BCUT2D eigenvalue weighted by Gasteiger charge is 1.94. The highest BCUT2D eigenvalue weighted by molar-refractivity contribution is 5.81. The Kier molecular flexibility index (Phi) is 12.4. The van der Waals surface area contributed by atoms with Gasteiger partial charge in [-0.1, -0.05) is 6.58 Å². The molecule has 0 fully saturated rings. The summed E-state index contributed by atoms with van der Waals surface area (Å²) >= 11 is 0. The summed E-state index contributed by atoms with van der Waals surface area (Å²) in [5, 5.41) is 10.3. The third kappa shape index (κ3) is 18.4. The number of hydrogen-bond acceptors (Lipinski definition) is 5. The smallest absolute Gasteiger partial charge is 0.330 e. The Labute approximate surface area is 95.9 Å². The first-order chi connectivity index (χ1) is 7.43. The van der Waals surface area contributed by atoms with E-state index >= 15 is 0 Å². The van der Waals surface area contributed by atoms with Gasteiger partial charge in [0.1, 0.15) is 6.61 Å². The maximum absolute atomic E-state index is 10.4. The molecule has 0 rings (SSSR count). The minimum absolute atomic E-state index is 0.0417. The number of likely N-dealkylation sites (N-methyl/N-ethyl adjacent to an activating group) is 2. The number of carbonyl (C=O) groups is 2. The van der Waals surface area contributed by atoms with E-state index in [1.807, 2.05) is 19.0 Å². The van der Waals surface area contributed by atoms with Gasteiger partial charge in [0.15, 0.2) is 0 Å². The van der Waals surface area contributed by atoms with E-state index in [-0.39, 0.29) is 12.5 Å². The van der Waals surface area contributed by atoms with Crippen LogP contribution in [0, 0.1) is 0 Å². The molecule has 6 nitrogen and oxygen atoms in total. The highest BCUT2D eigenvalue weighted by Crippen LogP contribution is 1.80. The zero-order valence-electron chi connectivity index (χ0n) is 10.0. The lowest BCUT2D eigenvalue weighted by molar-refractivity contribution is -0.138. The topological polar surface area (TPSA) is 78.9 Å². The molecule has 0 bridgehead atoms. The molecule has 16 heavy (non-hydrogen) atoms. The summed E-state index contributed by atoms with van der Waals surface area (Å²) in [7, 11) is 5.43. The first kappa shape index (κ1) is 17.0. The molecule has 6 heteroatoms. The zero-order valence-corrected chi connectivity index (χ0v) is 10.0. The van der Waals surface area contributed by atoms with Crippen molar-refractivity contribution in [1.82, 2.24) is 10.2 Å². The summed E-state index contributed by atoms with van der Waals surface area (Å²) in [6, 6.07) is 0. The molecule has 0 radical (unpaired) electrons. The van der Waals surface area contributed by atoms with Crippen molar-refractivity contribution in [2.75, 3.05) is 40.8 Å². The molecule has 0 heterocycles. The number of aliphatic carboxylic acids is 1. The molecule has 0 aromatic carbocycles. The summed E-state index contributed by atoms with van der Waals surface area (Å²) < 4.78 is 4.70. The van der Waals surface area contributed by atoms with Gasteiger partial charge < -0.3 is 20.1 Å². The van der Waals surface area contributed by atoms with Gasteiger partial charge >= 0.3 is 11.9 Å². The van der Waals surface area contributed by atoms with E-state index in [9.17, 15) is 9.59 Å². The highest BCUT2D eigenvalue weighted by atomic mass is 16.5. The van der Waals surface area contributed by atoms with E-state index in [4.69, 9.17) is 9.84 Å². The van der Waals surface area contributed by atoms with Crippen LogP contribution in [-0.2, 0) is 14.3 Å². The predicted molar refractivity (Wildman–Crippen MR) is 61.3 cm³/mol. The zero-order chi connectivity index (χ0) is 13.0. The van der Waals surface area contributed by atoms with Crippen LogP contribution in [0.4, 0.5) is 0 Å². The number of nitrogens with one attached hydrogen (secondary N) is 1. The van der Waals surface area contributed by atoms with Crippen molar-refractivity contribution in [1.29, 1.82) is 0 Å². The van der Waals surface area contributed by atoms with E-state index in [2.05, 4.69) is 11.9 Å². The molecule has 0 amide bonds. The number of carboxylic acids is 1. The van der Waals surface area contributed by atoms with Crippen LogP contribution in [-0.4, -0.2) is 62.8 Å². The first-order valence-corrected chi connectivity index (χ1v) is 4.74. The molecule has 0 spiro atoms. The fourth-order valence-electron chi connectivity index (χ4n) is 0.539. The van der Waals surface area contributed by atoms with Crippen molar-refractivity contribution in [3.8, 4) is 0 Å². The largest absolute Gasteiger partial charge is 0.480 e. The average Bonchev–Trinajstić information content (AvgIpc) is 2.17. The van der Waals surface area contributed by atoms with Crippen LogP contribution in [0.15, 0.2) is 12.7 Å². The molecular formula is C10H20N2O4. The quantitative estimate of drug-likeness (QED) is 0.478. The van der Waals surface area contributed by atoms with Crippen molar-refractivity contribution in [2.24, 2.45) is 0 Å². The van der Waals surface area contributed by atoms with E-state index in [1.165, 1.54) is 0 Å². The summed E-state index contributed by atoms with van der Waals surface area (Å²) in [4.78, 5) is 21.9. The first-order valence-electron chi connectivity index (χ1n) is 4.74. The van der Waals surface area contributed by atoms with E-state index in [0.29, 0.717) is 6.61 Å². The molecule has 2 N–H and O–H groups in total. The van der Waals surface area contributed by atoms with Gasteiger partial charge in [-0.2, -0.15) is 0 Å². The van der Waals surface area contributed by atoms with E-state index in [1.54, 1.807) is 7.05 Å². The molecule has 0 aliphatic heterocycles. The van der Waals surface area contributed by atoms with Gasteiger partial charge in [0.2, 0.25) is 0 Å². The molecule has 0 saturated heterocycles. The van der Waals surface area contributed by atoms with Crippen molar-refractivity contribution < 1.29 is 19.4 Å². The van der Waals surface area contributed by atoms with Crippen LogP contribution in [0.5, 0.6) is 0 Å². The lowest BCUT2D eigenvalue weighted by Crippen LogP contribution is -2.19. The summed E-state index contributed by atoms with van der Waals surface area (Å²) in [6.07, 6.45) is 1.16. The number of hydrogen-bond donors (Lipinski definition) is 2. The van der Waals surface area contributed by atoms with Crippen molar-refractivity contribution in [3.63, 3.8) is 0 Å². The minimum atomic E-state index is -0.822. The Bertz CT molecular complexity index is 217. The molecule has 0 unspecified atom stereocenters. The van der Waals surface area contributed by atoms with Gasteiger partial charge in [-0.3, -0.25) is 4.79 Å². The summed E-state index contributed by atoms with van der Waals surface area (Å²) in [5.41, 5.74) is 0. The number of rotatable bonds is 6. The van der Waals surface area contributed by atoms with Gasteiger partial charge in [0.25, 0.3) is 0 Å². The van der Waals surface area contributed by atoms with Gasteiger partial charge in [-0.05, 0) is 21.1 Å². The molecule has 0 aliphatic carbocycles. The Morgan fingerprint density at radius 3 is 2.31 bits per heavy atom. The normalized spacial score (nSPS) is 9.00. The molecule has 0 atom stereocenters. The van der Waals surface area contributed by atoms with Gasteiger partial charge in [0, 0.05) is 12.6 Å². The maximum atomic E-state index is 10.4. The standard InChI is InChI=1S/C7H13NO2.C3H7NO2/c1-4-7(9)10-6-5-8(2)3;1-4-2-3(5)6/h4H,1,5-6H2,2-3H3;4H,2H2,1H3,(H,5,6). The third-order valence-electron chi connectivity index (χ3n) is 1.28. The molecule has 0 aromatic heterocycles. The second-order valence-corrected chi connectivity index (χ2v) is 3.10. The summed E-state index contributed by atoms with van der Waals surface area (Å²) in [6.45, 7) is 4.49. The Morgan fingerprint density at radius 2 is 2.06 bits per heavy atom. The van der Waals surface area contributed by atoms with Crippen LogP contribution in [0.3, 0.4) is 0 Å². The third-order valence-corrected chi connectivity index (χ3v) is 1.28. The van der Waals surface area contributed by atoms with Crippen LogP contribution in [0.1, 0.15) is 0 Å². The molecule has 0 aliphatic rings. The average molecular weight is 232 g/mol. The fourth-order valence-corrected chi connectivity index (χ4v) is 0.539. The second-order valence-electron chi connectivity index (χ2n) is 3.10. The predicted octanol–water partition coefficient (Wildman–Crippen LogP) is -0.432. The van der Waals surface area contributed by atoms with Gasteiger partial charge in [-0.15, -0.1) is 0 Å². The fraction of sp³-hybridized carbons (Fsp3) is 0.600. The Balaban J connectivity index is 0. The summed E-state index contributed by atoms with van der Waals surface area (Å²) in [5.74, 6) is -1.18. The lowest BCUT2D eigenvalue weighted by atomic mass is 10.6. The number of nitrogens with zero attached hydrogens (tertiary/aromatic N) is 1. The lowest BCUT2D eigenvalue weighted by Gasteiger charge is -2.07. The van der Waals surface area contributed by atoms with E-state index < -0.39 is 5.97 Å². The number of carboxylic acid groups (broad SMARTS) is 1. The van der Waals surface area contributed by atoms with Crippen LogP contribution >= 0.6 is 0 Å².